The zero-order valence-corrected chi connectivity index (χ0v) is 18.5. The predicted octanol–water partition coefficient (Wildman–Crippen LogP) is 5.89. The molecule has 0 radical (unpaired) electrons. The number of ether oxygens (including phenoxy) is 2. The van der Waals surface area contributed by atoms with Gasteiger partial charge in [0.15, 0.2) is 0 Å². The minimum absolute atomic E-state index is 0.00181. The Labute approximate surface area is 191 Å². The maximum absolute atomic E-state index is 11.0. The summed E-state index contributed by atoms with van der Waals surface area (Å²) in [5.74, 6) is -0.00181. The van der Waals surface area contributed by atoms with Gasteiger partial charge in [-0.25, -0.2) is 0 Å². The third-order valence-corrected chi connectivity index (χ3v) is 6.39. The van der Waals surface area contributed by atoms with E-state index in [-0.39, 0.29) is 11.3 Å². The van der Waals surface area contributed by atoms with E-state index in [9.17, 15) is 5.11 Å². The van der Waals surface area contributed by atoms with Gasteiger partial charge in [0, 0.05) is 11.3 Å². The van der Waals surface area contributed by atoms with Crippen LogP contribution in [0.5, 0.6) is 0 Å². The second-order valence-electron chi connectivity index (χ2n) is 8.93. The van der Waals surface area contributed by atoms with E-state index >= 15 is 0 Å². The third-order valence-electron chi connectivity index (χ3n) is 6.39. The Bertz CT molecular complexity index is 924. The molecule has 3 heteroatoms. The SMILES string of the molecule is C=C(c1ccccc1)[C@H]1CC(COCc2ccccc2)(COCc2ccccc2)C[C@H]1O. The lowest BCUT2D eigenvalue weighted by Gasteiger charge is -2.29. The largest absolute Gasteiger partial charge is 0.392 e. The molecule has 1 fully saturated rings. The quantitative estimate of drug-likeness (QED) is 0.438. The van der Waals surface area contributed by atoms with E-state index in [4.69, 9.17) is 9.47 Å². The molecule has 0 bridgehead atoms. The molecule has 1 N–H and O–H groups in total. The lowest BCUT2D eigenvalue weighted by atomic mass is 9.84. The van der Waals surface area contributed by atoms with E-state index in [0.29, 0.717) is 32.8 Å². The van der Waals surface area contributed by atoms with Crippen molar-refractivity contribution in [1.29, 1.82) is 0 Å². The molecule has 0 heterocycles. The van der Waals surface area contributed by atoms with E-state index in [2.05, 4.69) is 43.0 Å². The van der Waals surface area contributed by atoms with Gasteiger partial charge in [-0.05, 0) is 35.1 Å². The molecule has 0 aromatic heterocycles. The van der Waals surface area contributed by atoms with E-state index < -0.39 is 6.10 Å². The zero-order valence-electron chi connectivity index (χ0n) is 18.5. The Kier molecular flexibility index (Phi) is 7.54. The van der Waals surface area contributed by atoms with Gasteiger partial charge in [-0.1, -0.05) is 97.6 Å². The molecule has 3 nitrogen and oxygen atoms in total. The average Bonchev–Trinajstić information content (AvgIpc) is 3.16. The molecule has 1 aliphatic carbocycles. The molecule has 1 saturated carbocycles. The molecule has 166 valence electrons. The fraction of sp³-hybridized carbons (Fsp3) is 0.310. The van der Waals surface area contributed by atoms with Crippen LogP contribution in [0.25, 0.3) is 5.57 Å². The normalized spacial score (nSPS) is 19.7. The highest BCUT2D eigenvalue weighted by atomic mass is 16.5. The molecule has 3 aromatic carbocycles. The van der Waals surface area contributed by atoms with E-state index in [0.717, 1.165) is 28.7 Å². The highest BCUT2D eigenvalue weighted by Gasteiger charge is 2.46. The Balaban J connectivity index is 1.44. The van der Waals surface area contributed by atoms with Crippen LogP contribution >= 0.6 is 0 Å². The van der Waals surface area contributed by atoms with Crippen molar-refractivity contribution in [2.45, 2.75) is 32.2 Å². The number of hydrogen-bond acceptors (Lipinski definition) is 3. The summed E-state index contributed by atoms with van der Waals surface area (Å²) < 4.78 is 12.3. The monoisotopic (exact) mass is 428 g/mol. The first-order valence-corrected chi connectivity index (χ1v) is 11.3. The van der Waals surface area contributed by atoms with Crippen molar-refractivity contribution in [1.82, 2.24) is 0 Å². The van der Waals surface area contributed by atoms with Crippen LogP contribution in [0.1, 0.15) is 29.5 Å². The van der Waals surface area contributed by atoms with Gasteiger partial charge in [0.25, 0.3) is 0 Å². The van der Waals surface area contributed by atoms with Crippen molar-refractivity contribution in [3.8, 4) is 0 Å². The van der Waals surface area contributed by atoms with Gasteiger partial charge in [-0.3, -0.25) is 0 Å². The maximum atomic E-state index is 11.0. The van der Waals surface area contributed by atoms with Gasteiger partial charge in [-0.2, -0.15) is 0 Å². The molecular weight excluding hydrogens is 396 g/mol. The Hall–Kier alpha value is -2.72. The summed E-state index contributed by atoms with van der Waals surface area (Å²) in [6.07, 6.45) is 0.988. The summed E-state index contributed by atoms with van der Waals surface area (Å²) in [5, 5.41) is 11.0. The number of aliphatic hydroxyl groups excluding tert-OH is 1. The minimum atomic E-state index is -0.455. The van der Waals surface area contributed by atoms with Gasteiger partial charge in [-0.15, -0.1) is 0 Å². The minimum Gasteiger partial charge on any atom is -0.392 e. The van der Waals surface area contributed by atoms with Crippen molar-refractivity contribution in [2.24, 2.45) is 11.3 Å². The zero-order chi connectivity index (χ0) is 22.2. The molecule has 32 heavy (non-hydrogen) atoms. The van der Waals surface area contributed by atoms with E-state index in [1.165, 1.54) is 0 Å². The first kappa shape index (κ1) is 22.5. The van der Waals surface area contributed by atoms with Crippen molar-refractivity contribution in [3.63, 3.8) is 0 Å². The standard InChI is InChI=1S/C29H32O3/c1-23(26-15-9-4-10-16-26)27-17-29(18-28(27)30,21-31-19-24-11-5-2-6-12-24)22-32-20-25-13-7-3-8-14-25/h2-16,27-28,30H,1,17-22H2/t27-,28-/m1/s1. The predicted molar refractivity (Wildman–Crippen MR) is 129 cm³/mol. The first-order chi connectivity index (χ1) is 15.7. The number of benzene rings is 3. The molecule has 1 aliphatic rings. The van der Waals surface area contributed by atoms with Crippen molar-refractivity contribution < 1.29 is 14.6 Å². The fourth-order valence-corrected chi connectivity index (χ4v) is 4.69. The lowest BCUT2D eigenvalue weighted by molar-refractivity contribution is -0.0353. The van der Waals surface area contributed by atoms with E-state index in [1.807, 2.05) is 54.6 Å². The van der Waals surface area contributed by atoms with E-state index in [1.54, 1.807) is 0 Å². The van der Waals surface area contributed by atoms with Gasteiger partial charge in [0.05, 0.1) is 32.5 Å². The third kappa shape index (κ3) is 5.74. The number of aliphatic hydroxyl groups is 1. The topological polar surface area (TPSA) is 38.7 Å². The van der Waals surface area contributed by atoms with Gasteiger partial charge >= 0.3 is 0 Å². The van der Waals surface area contributed by atoms with Crippen LogP contribution in [0.3, 0.4) is 0 Å². The summed E-state index contributed by atoms with van der Waals surface area (Å²) in [5.41, 5.74) is 4.13. The summed E-state index contributed by atoms with van der Waals surface area (Å²) in [6.45, 7) is 6.55. The second-order valence-corrected chi connectivity index (χ2v) is 8.93. The molecular formula is C29H32O3. The molecule has 4 rings (SSSR count). The van der Waals surface area contributed by atoms with Gasteiger partial charge in [0.1, 0.15) is 0 Å². The molecule has 3 aromatic rings. The molecule has 0 aliphatic heterocycles. The van der Waals surface area contributed by atoms with Crippen LogP contribution < -0.4 is 0 Å². The van der Waals surface area contributed by atoms with Crippen molar-refractivity contribution in [2.75, 3.05) is 13.2 Å². The van der Waals surface area contributed by atoms with Crippen molar-refractivity contribution >= 4 is 5.57 Å². The van der Waals surface area contributed by atoms with Crippen LogP contribution in [0.4, 0.5) is 0 Å². The fourth-order valence-electron chi connectivity index (χ4n) is 4.69. The summed E-state index contributed by atoms with van der Waals surface area (Å²) >= 11 is 0. The van der Waals surface area contributed by atoms with Crippen LogP contribution in [0.15, 0.2) is 97.6 Å². The maximum Gasteiger partial charge on any atom is 0.0717 e. The molecule has 0 spiro atoms. The van der Waals surface area contributed by atoms with Crippen LogP contribution in [0.2, 0.25) is 0 Å². The Morgan fingerprint density at radius 2 is 1.22 bits per heavy atom. The highest BCUT2D eigenvalue weighted by molar-refractivity contribution is 5.66. The van der Waals surface area contributed by atoms with Crippen LogP contribution in [-0.4, -0.2) is 24.4 Å². The molecule has 0 amide bonds. The Morgan fingerprint density at radius 1 is 0.750 bits per heavy atom. The molecule has 0 saturated heterocycles. The summed E-state index contributed by atoms with van der Waals surface area (Å²) in [6, 6.07) is 30.6. The molecule has 2 atom stereocenters. The summed E-state index contributed by atoms with van der Waals surface area (Å²) in [7, 11) is 0. The number of rotatable bonds is 10. The van der Waals surface area contributed by atoms with Gasteiger partial charge < -0.3 is 14.6 Å². The number of hydrogen-bond donors (Lipinski definition) is 1. The van der Waals surface area contributed by atoms with Crippen molar-refractivity contribution in [3.05, 3.63) is 114 Å². The first-order valence-electron chi connectivity index (χ1n) is 11.3. The lowest BCUT2D eigenvalue weighted by Crippen LogP contribution is -2.30. The van der Waals surface area contributed by atoms with Crippen LogP contribution in [0, 0.1) is 11.3 Å². The highest BCUT2D eigenvalue weighted by Crippen LogP contribution is 2.47. The summed E-state index contributed by atoms with van der Waals surface area (Å²) in [4.78, 5) is 0. The Morgan fingerprint density at radius 3 is 1.72 bits per heavy atom. The average molecular weight is 429 g/mol. The molecule has 0 unspecified atom stereocenters. The smallest absolute Gasteiger partial charge is 0.0717 e. The van der Waals surface area contributed by atoms with Gasteiger partial charge in [0.2, 0.25) is 0 Å². The second kappa shape index (κ2) is 10.7. The van der Waals surface area contributed by atoms with Crippen LogP contribution in [-0.2, 0) is 22.7 Å².